The molecule has 0 saturated carbocycles. The van der Waals surface area contributed by atoms with Gasteiger partial charge in [0, 0.05) is 12.2 Å². The third-order valence-corrected chi connectivity index (χ3v) is 4.50. The van der Waals surface area contributed by atoms with Crippen LogP contribution in [0, 0.1) is 0 Å². The molecule has 0 radical (unpaired) electrons. The zero-order valence-electron chi connectivity index (χ0n) is 13.9. The molecule has 2 aromatic carbocycles. The van der Waals surface area contributed by atoms with Gasteiger partial charge in [-0.2, -0.15) is 0 Å². The van der Waals surface area contributed by atoms with Crippen molar-refractivity contribution < 1.29 is 14.3 Å². The van der Waals surface area contributed by atoms with Crippen molar-refractivity contribution in [2.75, 3.05) is 19.0 Å². The van der Waals surface area contributed by atoms with Gasteiger partial charge in [0.05, 0.1) is 18.6 Å². The fraction of sp³-hybridized carbons (Fsp3) is 0.263. The molecule has 1 aliphatic heterocycles. The van der Waals surface area contributed by atoms with Crippen LogP contribution in [0.3, 0.4) is 0 Å². The van der Waals surface area contributed by atoms with E-state index in [4.69, 9.17) is 16.3 Å². The molecule has 1 atom stereocenters. The Bertz CT molecular complexity index is 779. The maximum Gasteiger partial charge on any atom is 0.252 e. The highest BCUT2D eigenvalue weighted by Crippen LogP contribution is 2.28. The molecule has 2 aromatic rings. The number of hydrogen-bond acceptors (Lipinski definition) is 4. The Hall–Kier alpha value is -2.53. The number of benzene rings is 2. The lowest BCUT2D eigenvalue weighted by Gasteiger charge is -2.16. The molecular weight excluding hydrogens is 340 g/mol. The summed E-state index contributed by atoms with van der Waals surface area (Å²) in [6, 6.07) is 14.4. The number of halogens is 1. The Morgan fingerprint density at radius 3 is 2.64 bits per heavy atom. The summed E-state index contributed by atoms with van der Waals surface area (Å²) in [6.07, 6.45) is 0.802. The topological polar surface area (TPSA) is 58.6 Å². The van der Waals surface area contributed by atoms with Crippen molar-refractivity contribution in [3.63, 3.8) is 0 Å². The van der Waals surface area contributed by atoms with Crippen LogP contribution in [-0.2, 0) is 16.0 Å². The first-order valence-corrected chi connectivity index (χ1v) is 8.44. The van der Waals surface area contributed by atoms with E-state index in [1.807, 2.05) is 30.3 Å². The lowest BCUT2D eigenvalue weighted by molar-refractivity contribution is -0.138. The molecule has 0 aliphatic carbocycles. The molecule has 1 aliphatic rings. The summed E-state index contributed by atoms with van der Waals surface area (Å²) in [6.45, 7) is 0.392. The van der Waals surface area contributed by atoms with Crippen molar-refractivity contribution in [1.29, 1.82) is 0 Å². The molecule has 3 rings (SSSR count). The molecule has 1 saturated heterocycles. The van der Waals surface area contributed by atoms with Gasteiger partial charge in [-0.1, -0.05) is 41.9 Å². The van der Waals surface area contributed by atoms with Gasteiger partial charge in [0.2, 0.25) is 5.91 Å². The quantitative estimate of drug-likeness (QED) is 0.806. The number of carbonyl (C=O) groups is 2. The minimum absolute atomic E-state index is 0.150. The van der Waals surface area contributed by atoms with Gasteiger partial charge in [-0.3, -0.25) is 14.5 Å². The predicted molar refractivity (Wildman–Crippen MR) is 96.9 cm³/mol. The lowest BCUT2D eigenvalue weighted by Crippen LogP contribution is -2.36. The monoisotopic (exact) mass is 358 g/mol. The van der Waals surface area contributed by atoms with Gasteiger partial charge in [0.15, 0.2) is 0 Å². The molecule has 6 heteroatoms. The van der Waals surface area contributed by atoms with Crippen LogP contribution < -0.4 is 10.1 Å². The highest BCUT2D eigenvalue weighted by molar-refractivity contribution is 6.32. The Morgan fingerprint density at radius 2 is 1.96 bits per heavy atom. The normalized spacial score (nSPS) is 17.0. The number of likely N-dealkylation sites (tertiary alicyclic amines) is 1. The van der Waals surface area contributed by atoms with Crippen molar-refractivity contribution in [2.24, 2.45) is 0 Å². The van der Waals surface area contributed by atoms with Crippen molar-refractivity contribution in [3.05, 3.63) is 59.1 Å². The van der Waals surface area contributed by atoms with Gasteiger partial charge in [-0.05, 0) is 30.2 Å². The van der Waals surface area contributed by atoms with E-state index in [1.54, 1.807) is 18.2 Å². The summed E-state index contributed by atoms with van der Waals surface area (Å²) < 4.78 is 5.11. The first-order valence-electron chi connectivity index (χ1n) is 8.06. The van der Waals surface area contributed by atoms with Gasteiger partial charge >= 0.3 is 0 Å². The van der Waals surface area contributed by atoms with Crippen LogP contribution in [0.25, 0.3) is 0 Å². The van der Waals surface area contributed by atoms with Gasteiger partial charge < -0.3 is 10.1 Å². The third-order valence-electron chi connectivity index (χ3n) is 4.20. The summed E-state index contributed by atoms with van der Waals surface area (Å²) in [5.41, 5.74) is 1.78. The van der Waals surface area contributed by atoms with Gasteiger partial charge in [-0.15, -0.1) is 0 Å². The molecule has 1 fully saturated rings. The van der Waals surface area contributed by atoms with Gasteiger partial charge in [0.25, 0.3) is 5.91 Å². The summed E-state index contributed by atoms with van der Waals surface area (Å²) in [5, 5.41) is 3.54. The van der Waals surface area contributed by atoms with Crippen molar-refractivity contribution in [3.8, 4) is 5.75 Å². The van der Waals surface area contributed by atoms with E-state index < -0.39 is 6.04 Å². The standard InChI is InChI=1S/C19H19ClN2O3/c1-25-17-8-7-14(11-15(17)20)21-16-12-18(23)22(19(16)24)10-9-13-5-3-2-4-6-13/h2-8,11,16,21H,9-10,12H2,1H3. The second-order valence-electron chi connectivity index (χ2n) is 5.87. The van der Waals surface area contributed by atoms with E-state index >= 15 is 0 Å². The number of hydrogen-bond donors (Lipinski definition) is 1. The second kappa shape index (κ2) is 7.57. The highest BCUT2D eigenvalue weighted by atomic mass is 35.5. The maximum absolute atomic E-state index is 12.5. The average molecular weight is 359 g/mol. The Labute approximate surface area is 151 Å². The van der Waals surface area contributed by atoms with Gasteiger partial charge in [0.1, 0.15) is 11.8 Å². The average Bonchev–Trinajstić information content (AvgIpc) is 2.87. The lowest BCUT2D eigenvalue weighted by atomic mass is 10.1. The van der Waals surface area contributed by atoms with Crippen molar-refractivity contribution in [2.45, 2.75) is 18.9 Å². The predicted octanol–water partition coefficient (Wildman–Crippen LogP) is 3.13. The van der Waals surface area contributed by atoms with E-state index in [0.29, 0.717) is 29.4 Å². The minimum atomic E-state index is -0.562. The van der Waals surface area contributed by atoms with Crippen molar-refractivity contribution >= 4 is 29.1 Å². The van der Waals surface area contributed by atoms with Crippen molar-refractivity contribution in [1.82, 2.24) is 4.90 Å². The number of ether oxygens (including phenoxy) is 1. The fourth-order valence-electron chi connectivity index (χ4n) is 2.87. The number of rotatable bonds is 6. The number of nitrogens with zero attached hydrogens (tertiary/aromatic N) is 1. The molecule has 1 unspecified atom stereocenters. The number of nitrogens with one attached hydrogen (secondary N) is 1. The molecule has 0 aromatic heterocycles. The molecule has 2 amide bonds. The Balaban J connectivity index is 1.63. The molecular formula is C19H19ClN2O3. The Morgan fingerprint density at radius 1 is 1.20 bits per heavy atom. The summed E-state index contributed by atoms with van der Waals surface area (Å²) in [4.78, 5) is 26.1. The fourth-order valence-corrected chi connectivity index (χ4v) is 3.13. The number of imide groups is 1. The zero-order chi connectivity index (χ0) is 17.8. The van der Waals surface area contributed by atoms with Gasteiger partial charge in [-0.25, -0.2) is 0 Å². The first-order chi connectivity index (χ1) is 12.1. The van der Waals surface area contributed by atoms with E-state index in [9.17, 15) is 9.59 Å². The van der Waals surface area contributed by atoms with Crippen LogP contribution in [-0.4, -0.2) is 36.4 Å². The molecule has 0 spiro atoms. The van der Waals surface area contributed by atoms with Crippen LogP contribution in [0.2, 0.25) is 5.02 Å². The summed E-state index contributed by atoms with van der Waals surface area (Å²) in [5.74, 6) is 0.205. The number of anilines is 1. The van der Waals surface area contributed by atoms with E-state index in [0.717, 1.165) is 5.56 Å². The highest BCUT2D eigenvalue weighted by Gasteiger charge is 2.38. The van der Waals surface area contributed by atoms with E-state index in [1.165, 1.54) is 12.0 Å². The van der Waals surface area contributed by atoms with E-state index in [-0.39, 0.29) is 18.2 Å². The Kier molecular flexibility index (Phi) is 5.24. The molecule has 130 valence electrons. The number of carbonyl (C=O) groups excluding carboxylic acids is 2. The van der Waals surface area contributed by atoms with Crippen LogP contribution in [0.1, 0.15) is 12.0 Å². The third kappa shape index (κ3) is 3.94. The zero-order valence-corrected chi connectivity index (χ0v) is 14.6. The second-order valence-corrected chi connectivity index (χ2v) is 6.28. The largest absolute Gasteiger partial charge is 0.495 e. The van der Waals surface area contributed by atoms with E-state index in [2.05, 4.69) is 5.32 Å². The number of amides is 2. The molecule has 0 bridgehead atoms. The summed E-state index contributed by atoms with van der Waals surface area (Å²) >= 11 is 6.10. The van der Waals surface area contributed by atoms with Crippen LogP contribution in [0.5, 0.6) is 5.75 Å². The van der Waals surface area contributed by atoms with Crippen LogP contribution in [0.4, 0.5) is 5.69 Å². The van der Waals surface area contributed by atoms with Crippen LogP contribution >= 0.6 is 11.6 Å². The molecule has 1 N–H and O–H groups in total. The van der Waals surface area contributed by atoms with Crippen LogP contribution in [0.15, 0.2) is 48.5 Å². The maximum atomic E-state index is 12.5. The summed E-state index contributed by atoms with van der Waals surface area (Å²) in [7, 11) is 1.54. The first kappa shape index (κ1) is 17.3. The molecule has 25 heavy (non-hydrogen) atoms. The SMILES string of the molecule is COc1ccc(NC2CC(=O)N(CCc3ccccc3)C2=O)cc1Cl. The molecule has 1 heterocycles. The number of methoxy groups -OCH3 is 1. The molecule has 5 nitrogen and oxygen atoms in total. The smallest absolute Gasteiger partial charge is 0.252 e. The minimum Gasteiger partial charge on any atom is -0.495 e.